The van der Waals surface area contributed by atoms with Gasteiger partial charge < -0.3 is 15.6 Å². The van der Waals surface area contributed by atoms with Gasteiger partial charge in [0.1, 0.15) is 0 Å². The van der Waals surface area contributed by atoms with Gasteiger partial charge in [-0.3, -0.25) is 4.79 Å². The maximum atomic E-state index is 11.1. The highest BCUT2D eigenvalue weighted by molar-refractivity contribution is 5.76. The highest BCUT2D eigenvalue weighted by Gasteiger charge is 2.05. The smallest absolute Gasteiger partial charge is 0.228 e. The molecule has 0 saturated carbocycles. The number of nitrogens with zero attached hydrogens (tertiary/aromatic N) is 2. The van der Waals surface area contributed by atoms with Gasteiger partial charge in [-0.25, -0.2) is 0 Å². The van der Waals surface area contributed by atoms with Crippen LogP contribution in [0.25, 0.3) is 0 Å². The topological polar surface area (TPSA) is 94.0 Å². The van der Waals surface area contributed by atoms with Gasteiger partial charge in [0.25, 0.3) is 0 Å². The van der Waals surface area contributed by atoms with E-state index in [-0.39, 0.29) is 11.9 Å². The number of amides is 1. The van der Waals surface area contributed by atoms with Gasteiger partial charge in [-0.05, 0) is 6.92 Å². The van der Waals surface area contributed by atoms with Gasteiger partial charge in [0, 0.05) is 25.4 Å². The molecule has 1 unspecified atom stereocenters. The summed E-state index contributed by atoms with van der Waals surface area (Å²) in [4.78, 5) is 14.9. The Morgan fingerprint density at radius 2 is 2.57 bits per heavy atom. The van der Waals surface area contributed by atoms with E-state index >= 15 is 0 Å². The summed E-state index contributed by atoms with van der Waals surface area (Å²) in [6.07, 6.45) is 2.22. The molecule has 0 bridgehead atoms. The molecular formula is C8H14N4O2. The van der Waals surface area contributed by atoms with E-state index in [4.69, 9.17) is 10.3 Å². The largest absolute Gasteiger partial charge is 0.356 e. The SMILES string of the molecule is CC(N)CC(=O)NCCc1ncno1. The van der Waals surface area contributed by atoms with Crippen LogP contribution in [0.5, 0.6) is 0 Å². The lowest BCUT2D eigenvalue weighted by Gasteiger charge is -2.05. The molecule has 1 heterocycles. The average Bonchev–Trinajstić information content (AvgIpc) is 2.55. The lowest BCUT2D eigenvalue weighted by Crippen LogP contribution is -2.31. The van der Waals surface area contributed by atoms with Crippen molar-refractivity contribution in [3.8, 4) is 0 Å². The van der Waals surface area contributed by atoms with Crippen molar-refractivity contribution in [3.05, 3.63) is 12.2 Å². The number of nitrogens with one attached hydrogen (secondary N) is 1. The van der Waals surface area contributed by atoms with Crippen molar-refractivity contribution in [2.24, 2.45) is 5.73 Å². The van der Waals surface area contributed by atoms with Crippen molar-refractivity contribution in [1.29, 1.82) is 0 Å². The van der Waals surface area contributed by atoms with Gasteiger partial charge in [0.05, 0.1) is 0 Å². The second-order valence-corrected chi connectivity index (χ2v) is 3.12. The molecule has 1 aromatic heterocycles. The molecule has 1 aromatic rings. The van der Waals surface area contributed by atoms with E-state index in [1.54, 1.807) is 6.92 Å². The summed E-state index contributed by atoms with van der Waals surface area (Å²) in [6.45, 7) is 2.28. The third kappa shape index (κ3) is 3.99. The Hall–Kier alpha value is -1.43. The Morgan fingerprint density at radius 3 is 3.14 bits per heavy atom. The van der Waals surface area contributed by atoms with Crippen LogP contribution in [-0.4, -0.2) is 28.6 Å². The van der Waals surface area contributed by atoms with Crippen molar-refractivity contribution in [2.45, 2.75) is 25.8 Å². The number of nitrogens with two attached hydrogens (primary N) is 1. The molecule has 0 fully saturated rings. The third-order valence-corrected chi connectivity index (χ3v) is 1.58. The number of hydrogen-bond donors (Lipinski definition) is 2. The molecule has 0 saturated heterocycles. The van der Waals surface area contributed by atoms with E-state index in [1.807, 2.05) is 0 Å². The van der Waals surface area contributed by atoms with Crippen LogP contribution in [0.4, 0.5) is 0 Å². The first-order chi connectivity index (χ1) is 6.68. The first-order valence-electron chi connectivity index (χ1n) is 4.46. The maximum Gasteiger partial charge on any atom is 0.228 e. The molecule has 1 rings (SSSR count). The molecule has 1 atom stereocenters. The van der Waals surface area contributed by atoms with Crippen molar-refractivity contribution in [3.63, 3.8) is 0 Å². The van der Waals surface area contributed by atoms with Crippen LogP contribution in [0.3, 0.4) is 0 Å². The van der Waals surface area contributed by atoms with Crippen molar-refractivity contribution < 1.29 is 9.32 Å². The second kappa shape index (κ2) is 5.33. The summed E-state index contributed by atoms with van der Waals surface area (Å²) < 4.78 is 4.76. The summed E-state index contributed by atoms with van der Waals surface area (Å²) in [5, 5.41) is 6.16. The highest BCUT2D eigenvalue weighted by Crippen LogP contribution is 1.91. The summed E-state index contributed by atoms with van der Waals surface area (Å²) in [6, 6.07) is -0.113. The summed E-state index contributed by atoms with van der Waals surface area (Å²) in [5.41, 5.74) is 5.46. The molecule has 3 N–H and O–H groups in total. The molecule has 0 spiro atoms. The van der Waals surface area contributed by atoms with Crippen molar-refractivity contribution >= 4 is 5.91 Å². The number of rotatable bonds is 5. The standard InChI is InChI=1S/C8H14N4O2/c1-6(9)4-7(13)10-3-2-8-11-5-12-14-8/h5-6H,2-4,9H2,1H3,(H,10,13). The van der Waals surface area contributed by atoms with Gasteiger partial charge >= 0.3 is 0 Å². The van der Waals surface area contributed by atoms with E-state index in [0.717, 1.165) is 0 Å². The Balaban J connectivity index is 2.12. The summed E-state index contributed by atoms with van der Waals surface area (Å²) in [5.74, 6) is 0.464. The van der Waals surface area contributed by atoms with Crippen LogP contribution in [-0.2, 0) is 11.2 Å². The molecule has 0 aliphatic carbocycles. The van der Waals surface area contributed by atoms with E-state index in [9.17, 15) is 4.79 Å². The van der Waals surface area contributed by atoms with Crippen LogP contribution < -0.4 is 11.1 Å². The van der Waals surface area contributed by atoms with Gasteiger partial charge in [0.2, 0.25) is 11.8 Å². The van der Waals surface area contributed by atoms with Crippen molar-refractivity contribution in [1.82, 2.24) is 15.5 Å². The average molecular weight is 198 g/mol. The summed E-state index contributed by atoms with van der Waals surface area (Å²) in [7, 11) is 0. The minimum atomic E-state index is -0.113. The minimum Gasteiger partial charge on any atom is -0.356 e. The summed E-state index contributed by atoms with van der Waals surface area (Å²) >= 11 is 0. The zero-order valence-corrected chi connectivity index (χ0v) is 8.06. The zero-order valence-electron chi connectivity index (χ0n) is 8.06. The number of hydrogen-bond acceptors (Lipinski definition) is 5. The third-order valence-electron chi connectivity index (χ3n) is 1.58. The van der Waals surface area contributed by atoms with Crippen LogP contribution in [0, 0.1) is 0 Å². The second-order valence-electron chi connectivity index (χ2n) is 3.12. The van der Waals surface area contributed by atoms with Gasteiger partial charge in [-0.15, -0.1) is 0 Å². The lowest BCUT2D eigenvalue weighted by molar-refractivity contribution is -0.121. The molecule has 78 valence electrons. The Labute approximate surface area is 81.9 Å². The normalized spacial score (nSPS) is 12.4. The van der Waals surface area contributed by atoms with E-state index in [2.05, 4.69) is 15.5 Å². The van der Waals surface area contributed by atoms with Crippen LogP contribution in [0.1, 0.15) is 19.2 Å². The molecule has 0 aliphatic rings. The monoisotopic (exact) mass is 198 g/mol. The minimum absolute atomic E-state index is 0.0560. The molecule has 0 aliphatic heterocycles. The van der Waals surface area contributed by atoms with Crippen molar-refractivity contribution in [2.75, 3.05) is 6.54 Å². The Bertz CT molecular complexity index is 271. The molecule has 6 heteroatoms. The van der Waals surface area contributed by atoms with Crippen LogP contribution in [0.2, 0.25) is 0 Å². The predicted octanol–water partition coefficient (Wildman–Crippen LogP) is -0.534. The van der Waals surface area contributed by atoms with E-state index in [1.165, 1.54) is 6.33 Å². The molecule has 0 aromatic carbocycles. The van der Waals surface area contributed by atoms with Gasteiger partial charge in [-0.2, -0.15) is 4.98 Å². The number of carbonyl (C=O) groups excluding carboxylic acids is 1. The van der Waals surface area contributed by atoms with Crippen LogP contribution in [0.15, 0.2) is 10.9 Å². The first kappa shape index (κ1) is 10.6. The van der Waals surface area contributed by atoms with Gasteiger partial charge in [0.15, 0.2) is 6.33 Å². The molecule has 0 radical (unpaired) electrons. The lowest BCUT2D eigenvalue weighted by atomic mass is 10.2. The van der Waals surface area contributed by atoms with E-state index in [0.29, 0.717) is 25.3 Å². The maximum absolute atomic E-state index is 11.1. The molecule has 14 heavy (non-hydrogen) atoms. The number of carbonyl (C=O) groups is 1. The fraction of sp³-hybridized carbons (Fsp3) is 0.625. The zero-order chi connectivity index (χ0) is 10.4. The first-order valence-corrected chi connectivity index (χ1v) is 4.46. The quantitative estimate of drug-likeness (QED) is 0.663. The Kier molecular flexibility index (Phi) is 4.06. The Morgan fingerprint density at radius 1 is 1.79 bits per heavy atom. The van der Waals surface area contributed by atoms with E-state index < -0.39 is 0 Å². The fourth-order valence-electron chi connectivity index (χ4n) is 0.980. The fourth-order valence-corrected chi connectivity index (χ4v) is 0.980. The molecule has 1 amide bonds. The molecule has 6 nitrogen and oxygen atoms in total. The molecular weight excluding hydrogens is 184 g/mol. The predicted molar refractivity (Wildman–Crippen MR) is 49.3 cm³/mol. The van der Waals surface area contributed by atoms with Crippen LogP contribution >= 0.6 is 0 Å². The highest BCUT2D eigenvalue weighted by atomic mass is 16.5. The number of aromatic nitrogens is 2. The van der Waals surface area contributed by atoms with Gasteiger partial charge in [-0.1, -0.05) is 5.16 Å².